The average molecular weight is 270 g/mol. The molecule has 0 aliphatic carbocycles. The molecule has 3 aromatic carbocycles. The highest BCUT2D eigenvalue weighted by Gasteiger charge is 2.06. The summed E-state index contributed by atoms with van der Waals surface area (Å²) in [5.74, 6) is 0. The Morgan fingerprint density at radius 2 is 1.48 bits per heavy atom. The Hall–Kier alpha value is -2.87. The second kappa shape index (κ2) is 4.91. The van der Waals surface area contributed by atoms with Crippen molar-refractivity contribution in [2.45, 2.75) is 0 Å². The second-order valence-corrected chi connectivity index (χ2v) is 5.04. The van der Waals surface area contributed by atoms with Crippen LogP contribution in [-0.2, 0) is 0 Å². The number of fused-ring (bicyclic) bond motifs is 3. The summed E-state index contributed by atoms with van der Waals surface area (Å²) in [6.45, 7) is 0. The van der Waals surface area contributed by atoms with Crippen LogP contribution in [0, 0.1) is 0 Å². The van der Waals surface area contributed by atoms with Gasteiger partial charge in [0, 0.05) is 28.3 Å². The molecule has 0 radical (unpaired) electrons. The molecule has 0 saturated heterocycles. The van der Waals surface area contributed by atoms with Crippen molar-refractivity contribution in [2.24, 2.45) is 0 Å². The molecule has 0 aliphatic rings. The first-order chi connectivity index (χ1) is 10.4. The smallest absolute Gasteiger partial charge is 0.0801 e. The fourth-order valence-corrected chi connectivity index (χ4v) is 2.70. The molecule has 0 amide bonds. The average Bonchev–Trinajstić information content (AvgIpc) is 2.56. The van der Waals surface area contributed by atoms with Crippen LogP contribution in [0.25, 0.3) is 21.7 Å². The molecular formula is C19H14N2. The number of benzene rings is 3. The van der Waals surface area contributed by atoms with Crippen molar-refractivity contribution in [1.29, 1.82) is 0 Å². The van der Waals surface area contributed by atoms with E-state index in [1.165, 1.54) is 10.8 Å². The maximum Gasteiger partial charge on any atom is 0.0801 e. The fraction of sp³-hybridized carbons (Fsp3) is 0. The van der Waals surface area contributed by atoms with Gasteiger partial charge in [-0.3, -0.25) is 4.98 Å². The van der Waals surface area contributed by atoms with Crippen LogP contribution in [0.1, 0.15) is 0 Å². The van der Waals surface area contributed by atoms with Crippen molar-refractivity contribution in [2.75, 3.05) is 5.32 Å². The molecule has 0 spiro atoms. The van der Waals surface area contributed by atoms with Crippen LogP contribution in [0.4, 0.5) is 11.4 Å². The summed E-state index contributed by atoms with van der Waals surface area (Å²) in [7, 11) is 0. The van der Waals surface area contributed by atoms with Crippen LogP contribution in [-0.4, -0.2) is 4.98 Å². The van der Waals surface area contributed by atoms with Gasteiger partial charge in [0.1, 0.15) is 0 Å². The molecular weight excluding hydrogens is 256 g/mol. The third kappa shape index (κ3) is 2.11. The Morgan fingerprint density at radius 1 is 0.667 bits per heavy atom. The molecule has 0 atom stereocenters. The van der Waals surface area contributed by atoms with Gasteiger partial charge in [0.25, 0.3) is 0 Å². The molecule has 21 heavy (non-hydrogen) atoms. The second-order valence-electron chi connectivity index (χ2n) is 5.04. The Bertz CT molecular complexity index is 914. The van der Waals surface area contributed by atoms with Crippen LogP contribution < -0.4 is 5.32 Å². The largest absolute Gasteiger partial charge is 0.355 e. The Labute approximate surface area is 123 Å². The van der Waals surface area contributed by atoms with Gasteiger partial charge < -0.3 is 5.32 Å². The first-order valence-electron chi connectivity index (χ1n) is 7.00. The van der Waals surface area contributed by atoms with Gasteiger partial charge in [-0.2, -0.15) is 0 Å². The summed E-state index contributed by atoms with van der Waals surface area (Å²) < 4.78 is 0. The summed E-state index contributed by atoms with van der Waals surface area (Å²) in [5, 5.41) is 7.02. The van der Waals surface area contributed by atoms with E-state index in [4.69, 9.17) is 0 Å². The summed E-state index contributed by atoms with van der Waals surface area (Å²) in [5.41, 5.74) is 3.20. The normalized spacial score (nSPS) is 10.9. The zero-order valence-electron chi connectivity index (χ0n) is 11.5. The van der Waals surface area contributed by atoms with E-state index < -0.39 is 0 Å². The van der Waals surface area contributed by atoms with E-state index in [9.17, 15) is 0 Å². The summed E-state index contributed by atoms with van der Waals surface area (Å²) >= 11 is 0. The SMILES string of the molecule is c1ccc(Nc2cccc3ccc4cccnc4c23)cc1. The molecule has 0 aliphatic heterocycles. The van der Waals surface area contributed by atoms with Gasteiger partial charge in [0.15, 0.2) is 0 Å². The van der Waals surface area contributed by atoms with Crippen molar-refractivity contribution in [3.63, 3.8) is 0 Å². The highest BCUT2D eigenvalue weighted by Crippen LogP contribution is 2.31. The van der Waals surface area contributed by atoms with E-state index in [-0.39, 0.29) is 0 Å². The molecule has 100 valence electrons. The number of nitrogens with zero attached hydrogens (tertiary/aromatic N) is 1. The van der Waals surface area contributed by atoms with E-state index in [0.717, 1.165) is 22.3 Å². The van der Waals surface area contributed by atoms with Crippen molar-refractivity contribution in [1.82, 2.24) is 4.98 Å². The minimum atomic E-state index is 1.04. The highest BCUT2D eigenvalue weighted by molar-refractivity contribution is 6.12. The number of aromatic nitrogens is 1. The van der Waals surface area contributed by atoms with E-state index in [0.29, 0.717) is 0 Å². The van der Waals surface area contributed by atoms with E-state index in [1.54, 1.807) is 0 Å². The molecule has 4 rings (SSSR count). The van der Waals surface area contributed by atoms with Gasteiger partial charge in [-0.1, -0.05) is 48.5 Å². The van der Waals surface area contributed by atoms with Crippen molar-refractivity contribution >= 4 is 33.1 Å². The summed E-state index contributed by atoms with van der Waals surface area (Å²) in [6, 6.07) is 24.9. The fourth-order valence-electron chi connectivity index (χ4n) is 2.70. The number of anilines is 2. The lowest BCUT2D eigenvalue weighted by Crippen LogP contribution is -1.92. The number of pyridine rings is 1. The van der Waals surface area contributed by atoms with Crippen LogP contribution in [0.3, 0.4) is 0 Å². The van der Waals surface area contributed by atoms with E-state index >= 15 is 0 Å². The maximum atomic E-state index is 4.57. The van der Waals surface area contributed by atoms with Crippen LogP contribution >= 0.6 is 0 Å². The van der Waals surface area contributed by atoms with Gasteiger partial charge >= 0.3 is 0 Å². The van der Waals surface area contributed by atoms with E-state index in [2.05, 4.69) is 58.8 Å². The lowest BCUT2D eigenvalue weighted by atomic mass is 10.0. The molecule has 1 aromatic heterocycles. The number of nitrogens with one attached hydrogen (secondary N) is 1. The molecule has 0 bridgehead atoms. The molecule has 2 nitrogen and oxygen atoms in total. The quantitative estimate of drug-likeness (QED) is 0.511. The number of hydrogen-bond donors (Lipinski definition) is 1. The Morgan fingerprint density at radius 3 is 2.38 bits per heavy atom. The molecule has 0 saturated carbocycles. The maximum absolute atomic E-state index is 4.57. The minimum Gasteiger partial charge on any atom is -0.355 e. The van der Waals surface area contributed by atoms with Gasteiger partial charge in [0.05, 0.1) is 5.52 Å². The predicted molar refractivity (Wildman–Crippen MR) is 89.0 cm³/mol. The van der Waals surface area contributed by atoms with Gasteiger partial charge in [-0.25, -0.2) is 0 Å². The third-order valence-electron chi connectivity index (χ3n) is 3.67. The minimum absolute atomic E-state index is 1.04. The molecule has 0 unspecified atom stereocenters. The number of para-hydroxylation sites is 1. The molecule has 1 heterocycles. The topological polar surface area (TPSA) is 24.9 Å². The highest BCUT2D eigenvalue weighted by atomic mass is 14.9. The van der Waals surface area contributed by atoms with Gasteiger partial charge in [0.2, 0.25) is 0 Å². The molecule has 4 aromatic rings. The number of hydrogen-bond acceptors (Lipinski definition) is 2. The lowest BCUT2D eigenvalue weighted by Gasteiger charge is -2.11. The first-order valence-corrected chi connectivity index (χ1v) is 7.00. The third-order valence-corrected chi connectivity index (χ3v) is 3.67. The van der Waals surface area contributed by atoms with Crippen molar-refractivity contribution in [3.05, 3.63) is 79.0 Å². The predicted octanol–water partition coefficient (Wildman–Crippen LogP) is 5.13. The van der Waals surface area contributed by atoms with Crippen LogP contribution in [0.5, 0.6) is 0 Å². The zero-order valence-corrected chi connectivity index (χ0v) is 11.5. The van der Waals surface area contributed by atoms with Gasteiger partial charge in [-0.15, -0.1) is 0 Å². The summed E-state index contributed by atoms with van der Waals surface area (Å²) in [4.78, 5) is 4.57. The molecule has 0 fully saturated rings. The Balaban J connectivity index is 1.98. The van der Waals surface area contributed by atoms with Crippen molar-refractivity contribution in [3.8, 4) is 0 Å². The summed E-state index contributed by atoms with van der Waals surface area (Å²) in [6.07, 6.45) is 1.85. The molecule has 1 N–H and O–H groups in total. The standard InChI is InChI=1S/C19H14N2/c1-2-8-16(9-3-1)21-17-10-4-6-14-11-12-15-7-5-13-20-19(15)18(14)17/h1-13,21H. The van der Waals surface area contributed by atoms with E-state index in [1.807, 2.05) is 30.5 Å². The van der Waals surface area contributed by atoms with Gasteiger partial charge in [-0.05, 0) is 29.7 Å². The lowest BCUT2D eigenvalue weighted by molar-refractivity contribution is 1.43. The van der Waals surface area contributed by atoms with Crippen LogP contribution in [0.15, 0.2) is 79.0 Å². The zero-order chi connectivity index (χ0) is 14.1. The monoisotopic (exact) mass is 270 g/mol. The van der Waals surface area contributed by atoms with Crippen LogP contribution in [0.2, 0.25) is 0 Å². The van der Waals surface area contributed by atoms with Crippen molar-refractivity contribution < 1.29 is 0 Å². The first kappa shape index (κ1) is 11.9. The molecule has 2 heteroatoms. The Kier molecular flexibility index (Phi) is 2.79. The number of rotatable bonds is 2.